The van der Waals surface area contributed by atoms with Crippen LogP contribution in [0.25, 0.3) is 27.5 Å². The first-order valence-electron chi connectivity index (χ1n) is 9.16. The molecule has 0 aliphatic rings. The van der Waals surface area contributed by atoms with Gasteiger partial charge < -0.3 is 8.97 Å². The van der Waals surface area contributed by atoms with Gasteiger partial charge in [0.25, 0.3) is 5.56 Å². The lowest BCUT2D eigenvalue weighted by Crippen LogP contribution is -2.20. The maximum absolute atomic E-state index is 13.1. The molecule has 0 amide bonds. The largest absolute Gasteiger partial charge is 0.309 e. The van der Waals surface area contributed by atoms with Crippen LogP contribution in [-0.4, -0.2) is 18.9 Å². The molecule has 0 aliphatic carbocycles. The third kappa shape index (κ3) is 2.77. The third-order valence-corrected chi connectivity index (χ3v) is 4.97. The summed E-state index contributed by atoms with van der Waals surface area (Å²) in [5.41, 5.74) is 4.84. The quantitative estimate of drug-likeness (QED) is 0.484. The topological polar surface area (TPSA) is 52.2 Å². The number of aromatic nitrogens is 4. The van der Waals surface area contributed by atoms with Gasteiger partial charge in [0.2, 0.25) is 0 Å². The molecule has 0 N–H and O–H groups in total. The van der Waals surface area contributed by atoms with Gasteiger partial charge in [-0.15, -0.1) is 0 Å². The molecular weight excluding hydrogens is 348 g/mol. The van der Waals surface area contributed by atoms with E-state index in [1.165, 1.54) is 5.56 Å². The average Bonchev–Trinajstić information content (AvgIpc) is 3.12. The molecule has 0 atom stereocenters. The fourth-order valence-electron chi connectivity index (χ4n) is 3.59. The van der Waals surface area contributed by atoms with Crippen molar-refractivity contribution in [2.75, 3.05) is 0 Å². The number of hydrogen-bond acceptors (Lipinski definition) is 3. The van der Waals surface area contributed by atoms with E-state index >= 15 is 0 Å². The minimum atomic E-state index is -0.0592. The van der Waals surface area contributed by atoms with Gasteiger partial charge in [0.15, 0.2) is 0 Å². The fourth-order valence-corrected chi connectivity index (χ4v) is 3.59. The molecule has 136 valence electrons. The zero-order valence-electron chi connectivity index (χ0n) is 15.4. The van der Waals surface area contributed by atoms with Gasteiger partial charge in [-0.1, -0.05) is 36.4 Å². The molecule has 0 saturated heterocycles. The smallest absolute Gasteiger partial charge is 0.260 e. The molecule has 4 heterocycles. The monoisotopic (exact) mass is 366 g/mol. The Balaban J connectivity index is 1.59. The van der Waals surface area contributed by atoms with Gasteiger partial charge in [-0.3, -0.25) is 9.78 Å². The van der Waals surface area contributed by atoms with Gasteiger partial charge in [-0.05, 0) is 35.6 Å². The summed E-state index contributed by atoms with van der Waals surface area (Å²) < 4.78 is 3.68. The summed E-state index contributed by atoms with van der Waals surface area (Å²) in [6.07, 6.45) is 9.30. The van der Waals surface area contributed by atoms with E-state index in [4.69, 9.17) is 0 Å². The summed E-state index contributed by atoms with van der Waals surface area (Å²) in [6, 6.07) is 16.0. The second-order valence-corrected chi connectivity index (χ2v) is 6.97. The number of aryl methyl sites for hydroxylation is 1. The Morgan fingerprint density at radius 3 is 2.64 bits per heavy atom. The van der Waals surface area contributed by atoms with Crippen molar-refractivity contribution >= 4 is 16.4 Å². The second kappa shape index (κ2) is 6.46. The van der Waals surface area contributed by atoms with Crippen molar-refractivity contribution in [2.45, 2.75) is 13.5 Å². The summed E-state index contributed by atoms with van der Waals surface area (Å²) in [5, 5.41) is 1.52. The number of benzene rings is 1. The predicted molar refractivity (Wildman–Crippen MR) is 110 cm³/mol. The summed E-state index contributed by atoms with van der Waals surface area (Å²) in [7, 11) is 0. The SMILES string of the molecule is Cc1ccc2nc(Cn3ccc4c(-c5ccccc5)cncc4c3=O)cn2c1. The molecule has 28 heavy (non-hydrogen) atoms. The standard InChI is InChI=1S/C23H18N4O/c1-16-7-8-22-25-18(15-27(22)13-16)14-26-10-9-19-20(17-5-3-2-4-6-17)11-24-12-21(19)23(26)28/h2-13,15H,14H2,1H3. The lowest BCUT2D eigenvalue weighted by molar-refractivity contribution is 0.752. The van der Waals surface area contributed by atoms with Crippen molar-refractivity contribution in [1.82, 2.24) is 18.9 Å². The van der Waals surface area contributed by atoms with Gasteiger partial charge in [-0.2, -0.15) is 0 Å². The minimum absolute atomic E-state index is 0.0592. The van der Waals surface area contributed by atoms with Crippen LogP contribution in [-0.2, 0) is 6.54 Å². The minimum Gasteiger partial charge on any atom is -0.309 e. The molecule has 1 aromatic carbocycles. The number of imidazole rings is 1. The normalized spacial score (nSPS) is 11.3. The van der Waals surface area contributed by atoms with Gasteiger partial charge >= 0.3 is 0 Å². The Kier molecular flexibility index (Phi) is 3.79. The number of pyridine rings is 3. The van der Waals surface area contributed by atoms with E-state index in [1.807, 2.05) is 84.6 Å². The first-order valence-corrected chi connectivity index (χ1v) is 9.16. The van der Waals surface area contributed by atoms with Crippen LogP contribution in [0.5, 0.6) is 0 Å². The maximum atomic E-state index is 13.1. The number of hydrogen-bond donors (Lipinski definition) is 0. The van der Waals surface area contributed by atoms with E-state index in [9.17, 15) is 4.79 Å². The predicted octanol–water partition coefficient (Wildman–Crippen LogP) is 4.07. The summed E-state index contributed by atoms with van der Waals surface area (Å²) in [5.74, 6) is 0. The highest BCUT2D eigenvalue weighted by Crippen LogP contribution is 2.25. The van der Waals surface area contributed by atoms with Crippen molar-refractivity contribution < 1.29 is 0 Å². The first kappa shape index (κ1) is 16.4. The Hall–Kier alpha value is -3.73. The summed E-state index contributed by atoms with van der Waals surface area (Å²) >= 11 is 0. The Morgan fingerprint density at radius 1 is 0.929 bits per heavy atom. The molecule has 0 aliphatic heterocycles. The number of nitrogens with zero attached hydrogens (tertiary/aromatic N) is 4. The maximum Gasteiger partial charge on any atom is 0.260 e. The van der Waals surface area contributed by atoms with Gasteiger partial charge in [0.1, 0.15) is 5.65 Å². The van der Waals surface area contributed by atoms with E-state index in [0.29, 0.717) is 11.9 Å². The Bertz CT molecular complexity index is 1370. The molecule has 5 nitrogen and oxygen atoms in total. The van der Waals surface area contributed by atoms with Gasteiger partial charge in [0, 0.05) is 36.5 Å². The molecular formula is C23H18N4O. The van der Waals surface area contributed by atoms with Crippen LogP contribution in [0.4, 0.5) is 0 Å². The molecule has 5 aromatic rings. The average molecular weight is 366 g/mol. The molecule has 5 heteroatoms. The zero-order chi connectivity index (χ0) is 19.1. The van der Waals surface area contributed by atoms with Crippen LogP contribution in [0, 0.1) is 6.92 Å². The van der Waals surface area contributed by atoms with Crippen LogP contribution in [0.15, 0.2) is 84.3 Å². The van der Waals surface area contributed by atoms with E-state index in [-0.39, 0.29) is 5.56 Å². The lowest BCUT2D eigenvalue weighted by Gasteiger charge is -2.09. The van der Waals surface area contributed by atoms with E-state index in [2.05, 4.69) is 9.97 Å². The highest BCUT2D eigenvalue weighted by molar-refractivity contribution is 5.95. The van der Waals surface area contributed by atoms with Crippen molar-refractivity contribution in [3.63, 3.8) is 0 Å². The lowest BCUT2D eigenvalue weighted by atomic mass is 10.0. The van der Waals surface area contributed by atoms with Crippen LogP contribution in [0.1, 0.15) is 11.3 Å². The summed E-state index contributed by atoms with van der Waals surface area (Å²) in [4.78, 5) is 22.0. The van der Waals surface area contributed by atoms with Crippen molar-refractivity contribution in [3.8, 4) is 11.1 Å². The molecule has 0 saturated carbocycles. The molecule has 0 radical (unpaired) electrons. The van der Waals surface area contributed by atoms with Crippen LogP contribution < -0.4 is 5.56 Å². The highest BCUT2D eigenvalue weighted by Gasteiger charge is 2.10. The van der Waals surface area contributed by atoms with E-state index in [0.717, 1.165) is 27.9 Å². The van der Waals surface area contributed by atoms with Gasteiger partial charge in [-0.25, -0.2) is 4.98 Å². The van der Waals surface area contributed by atoms with Crippen molar-refractivity contribution in [1.29, 1.82) is 0 Å². The van der Waals surface area contributed by atoms with E-state index in [1.54, 1.807) is 10.8 Å². The van der Waals surface area contributed by atoms with E-state index < -0.39 is 0 Å². The Labute approximate surface area is 161 Å². The zero-order valence-corrected chi connectivity index (χ0v) is 15.4. The van der Waals surface area contributed by atoms with Gasteiger partial charge in [0.05, 0.1) is 17.6 Å². The molecule has 0 bridgehead atoms. The highest BCUT2D eigenvalue weighted by atomic mass is 16.1. The van der Waals surface area contributed by atoms with Crippen molar-refractivity contribution in [3.05, 3.63) is 101 Å². The number of fused-ring (bicyclic) bond motifs is 2. The van der Waals surface area contributed by atoms with Crippen LogP contribution >= 0.6 is 0 Å². The molecule has 0 unspecified atom stereocenters. The van der Waals surface area contributed by atoms with Crippen molar-refractivity contribution in [2.24, 2.45) is 0 Å². The first-order chi connectivity index (χ1) is 13.7. The molecule has 4 aromatic heterocycles. The summed E-state index contributed by atoms with van der Waals surface area (Å²) in [6.45, 7) is 2.47. The van der Waals surface area contributed by atoms with Crippen LogP contribution in [0.3, 0.4) is 0 Å². The fraction of sp³-hybridized carbons (Fsp3) is 0.0870. The van der Waals surface area contributed by atoms with Crippen LogP contribution in [0.2, 0.25) is 0 Å². The molecule has 5 rings (SSSR count). The molecule has 0 fully saturated rings. The second-order valence-electron chi connectivity index (χ2n) is 6.97. The molecule has 0 spiro atoms. The third-order valence-electron chi connectivity index (χ3n) is 4.97. The Morgan fingerprint density at radius 2 is 1.79 bits per heavy atom. The number of rotatable bonds is 3.